The van der Waals surface area contributed by atoms with Gasteiger partial charge in [-0.25, -0.2) is 13.1 Å². The highest BCUT2D eigenvalue weighted by atomic mass is 32.2. The number of benzene rings is 1. The van der Waals surface area contributed by atoms with E-state index in [1.807, 2.05) is 26.8 Å². The Bertz CT molecular complexity index is 585. The standard InChI is InChI=1S/C15H24N2O3S/c1-4-20-10-15(11(2)3)17-21(18,19)13-5-6-14-12(9-13)7-8-16-14/h5-6,9,11,15-17H,4,7-8,10H2,1-3H3. The first-order valence-electron chi connectivity index (χ1n) is 7.41. The Balaban J connectivity index is 2.16. The van der Waals surface area contributed by atoms with Crippen LogP contribution in [0, 0.1) is 5.92 Å². The molecule has 0 fully saturated rings. The van der Waals surface area contributed by atoms with Crippen molar-refractivity contribution in [3.05, 3.63) is 23.8 Å². The minimum Gasteiger partial charge on any atom is -0.384 e. The summed E-state index contributed by atoms with van der Waals surface area (Å²) in [4.78, 5) is 0.326. The fraction of sp³-hybridized carbons (Fsp3) is 0.600. The van der Waals surface area contributed by atoms with Gasteiger partial charge in [-0.05, 0) is 43.0 Å². The van der Waals surface area contributed by atoms with E-state index in [2.05, 4.69) is 10.0 Å². The van der Waals surface area contributed by atoms with E-state index in [-0.39, 0.29) is 12.0 Å². The minimum atomic E-state index is -3.51. The van der Waals surface area contributed by atoms with Crippen molar-refractivity contribution in [2.45, 2.75) is 38.1 Å². The second kappa shape index (κ2) is 6.77. The number of fused-ring (bicyclic) bond motifs is 1. The quantitative estimate of drug-likeness (QED) is 0.808. The summed E-state index contributed by atoms with van der Waals surface area (Å²) in [6.45, 7) is 7.71. The highest BCUT2D eigenvalue weighted by Crippen LogP contribution is 2.25. The molecule has 1 heterocycles. The van der Waals surface area contributed by atoms with Gasteiger partial charge in [-0.2, -0.15) is 0 Å². The molecule has 0 aromatic heterocycles. The van der Waals surface area contributed by atoms with Crippen LogP contribution in [0.4, 0.5) is 5.69 Å². The molecule has 21 heavy (non-hydrogen) atoms. The van der Waals surface area contributed by atoms with Gasteiger partial charge in [0, 0.05) is 24.9 Å². The average Bonchev–Trinajstić information content (AvgIpc) is 2.90. The first-order chi connectivity index (χ1) is 9.94. The van der Waals surface area contributed by atoms with Crippen LogP contribution in [-0.4, -0.2) is 34.2 Å². The fourth-order valence-electron chi connectivity index (χ4n) is 2.32. The predicted molar refractivity (Wildman–Crippen MR) is 84.1 cm³/mol. The van der Waals surface area contributed by atoms with Gasteiger partial charge in [0.15, 0.2) is 0 Å². The number of hydrogen-bond acceptors (Lipinski definition) is 4. The predicted octanol–water partition coefficient (Wildman–Crippen LogP) is 1.99. The molecule has 1 aromatic rings. The minimum absolute atomic E-state index is 0.169. The lowest BCUT2D eigenvalue weighted by atomic mass is 10.1. The molecule has 0 radical (unpaired) electrons. The van der Waals surface area contributed by atoms with E-state index in [0.29, 0.717) is 18.1 Å². The van der Waals surface area contributed by atoms with Gasteiger partial charge in [-0.1, -0.05) is 13.8 Å². The van der Waals surface area contributed by atoms with Gasteiger partial charge in [-0.3, -0.25) is 0 Å². The van der Waals surface area contributed by atoms with Crippen LogP contribution in [0.1, 0.15) is 26.3 Å². The van der Waals surface area contributed by atoms with Crippen LogP contribution in [0.5, 0.6) is 0 Å². The van der Waals surface area contributed by atoms with E-state index in [1.165, 1.54) is 0 Å². The highest BCUT2D eigenvalue weighted by molar-refractivity contribution is 7.89. The van der Waals surface area contributed by atoms with E-state index in [0.717, 1.165) is 24.2 Å². The molecule has 0 spiro atoms. The van der Waals surface area contributed by atoms with Gasteiger partial charge in [0.25, 0.3) is 0 Å². The molecule has 118 valence electrons. The number of ether oxygens (including phenoxy) is 1. The zero-order valence-electron chi connectivity index (χ0n) is 12.8. The maximum atomic E-state index is 12.5. The van der Waals surface area contributed by atoms with Crippen LogP contribution in [0.3, 0.4) is 0 Å². The van der Waals surface area contributed by atoms with Crippen molar-refractivity contribution >= 4 is 15.7 Å². The molecule has 6 heteroatoms. The molecular weight excluding hydrogens is 288 g/mol. The van der Waals surface area contributed by atoms with Crippen molar-refractivity contribution in [1.29, 1.82) is 0 Å². The number of rotatable bonds is 7. The summed E-state index contributed by atoms with van der Waals surface area (Å²) in [6.07, 6.45) is 0.866. The molecule has 0 bridgehead atoms. The Morgan fingerprint density at radius 2 is 2.14 bits per heavy atom. The summed E-state index contributed by atoms with van der Waals surface area (Å²) in [6, 6.07) is 5.03. The van der Waals surface area contributed by atoms with Crippen molar-refractivity contribution in [1.82, 2.24) is 4.72 Å². The van der Waals surface area contributed by atoms with Gasteiger partial charge >= 0.3 is 0 Å². The van der Waals surface area contributed by atoms with Crippen molar-refractivity contribution in [3.63, 3.8) is 0 Å². The molecule has 2 N–H and O–H groups in total. The third-order valence-corrected chi connectivity index (χ3v) is 5.20. The Kier molecular flexibility index (Phi) is 5.24. The summed E-state index contributed by atoms with van der Waals surface area (Å²) >= 11 is 0. The molecule has 2 rings (SSSR count). The van der Waals surface area contributed by atoms with E-state index in [9.17, 15) is 8.42 Å². The molecule has 1 aliphatic rings. The van der Waals surface area contributed by atoms with Crippen LogP contribution in [-0.2, 0) is 21.2 Å². The summed E-state index contributed by atoms with van der Waals surface area (Å²) < 4.78 is 33.2. The molecule has 1 atom stereocenters. The van der Waals surface area contributed by atoms with Gasteiger partial charge in [0.1, 0.15) is 0 Å². The zero-order chi connectivity index (χ0) is 15.5. The van der Waals surface area contributed by atoms with Crippen LogP contribution in [0.15, 0.2) is 23.1 Å². The maximum Gasteiger partial charge on any atom is 0.240 e. The SMILES string of the molecule is CCOCC(NS(=O)(=O)c1ccc2c(c1)CCN2)C(C)C. The van der Waals surface area contributed by atoms with E-state index >= 15 is 0 Å². The van der Waals surface area contributed by atoms with Crippen LogP contribution in [0.2, 0.25) is 0 Å². The normalized spacial score (nSPS) is 15.8. The smallest absolute Gasteiger partial charge is 0.240 e. The Morgan fingerprint density at radius 1 is 1.38 bits per heavy atom. The molecule has 1 aromatic carbocycles. The molecule has 0 saturated heterocycles. The monoisotopic (exact) mass is 312 g/mol. The van der Waals surface area contributed by atoms with Gasteiger partial charge in [0.05, 0.1) is 11.5 Å². The Morgan fingerprint density at radius 3 is 2.81 bits per heavy atom. The number of sulfonamides is 1. The summed E-state index contributed by atoms with van der Waals surface area (Å²) in [5, 5.41) is 3.23. The average molecular weight is 312 g/mol. The van der Waals surface area contributed by atoms with E-state index in [1.54, 1.807) is 12.1 Å². The van der Waals surface area contributed by atoms with Gasteiger partial charge < -0.3 is 10.1 Å². The van der Waals surface area contributed by atoms with E-state index < -0.39 is 10.0 Å². The molecule has 1 aliphatic heterocycles. The molecule has 1 unspecified atom stereocenters. The van der Waals surface area contributed by atoms with Crippen molar-refractivity contribution in [2.75, 3.05) is 25.1 Å². The number of hydrogen-bond donors (Lipinski definition) is 2. The lowest BCUT2D eigenvalue weighted by Crippen LogP contribution is -2.41. The topological polar surface area (TPSA) is 67.4 Å². The lowest BCUT2D eigenvalue weighted by molar-refractivity contribution is 0.116. The first kappa shape index (κ1) is 16.3. The Hall–Kier alpha value is -1.11. The summed E-state index contributed by atoms with van der Waals surface area (Å²) in [7, 11) is -3.51. The summed E-state index contributed by atoms with van der Waals surface area (Å²) in [5.41, 5.74) is 2.09. The van der Waals surface area contributed by atoms with Crippen LogP contribution in [0.25, 0.3) is 0 Å². The maximum absolute atomic E-state index is 12.5. The third-order valence-electron chi connectivity index (χ3n) is 3.71. The zero-order valence-corrected chi connectivity index (χ0v) is 13.7. The molecule has 5 nitrogen and oxygen atoms in total. The van der Waals surface area contributed by atoms with E-state index in [4.69, 9.17) is 4.74 Å². The van der Waals surface area contributed by atoms with Crippen molar-refractivity contribution in [3.8, 4) is 0 Å². The van der Waals surface area contributed by atoms with Gasteiger partial charge in [0.2, 0.25) is 10.0 Å². The molecular formula is C15H24N2O3S. The fourth-order valence-corrected chi connectivity index (χ4v) is 3.74. The molecule has 0 amide bonds. The highest BCUT2D eigenvalue weighted by Gasteiger charge is 2.24. The van der Waals surface area contributed by atoms with Crippen LogP contribution >= 0.6 is 0 Å². The van der Waals surface area contributed by atoms with Crippen molar-refractivity contribution in [2.24, 2.45) is 5.92 Å². The van der Waals surface area contributed by atoms with Crippen molar-refractivity contribution < 1.29 is 13.2 Å². The first-order valence-corrected chi connectivity index (χ1v) is 8.89. The molecule has 0 aliphatic carbocycles. The van der Waals surface area contributed by atoms with Crippen LogP contribution < -0.4 is 10.0 Å². The Labute approximate surface area is 127 Å². The largest absolute Gasteiger partial charge is 0.384 e. The second-order valence-corrected chi connectivity index (χ2v) is 7.34. The lowest BCUT2D eigenvalue weighted by Gasteiger charge is -2.22. The third kappa shape index (κ3) is 3.96. The van der Waals surface area contributed by atoms with Gasteiger partial charge in [-0.15, -0.1) is 0 Å². The summed E-state index contributed by atoms with van der Waals surface area (Å²) in [5.74, 6) is 0.169. The number of anilines is 1. The number of nitrogens with one attached hydrogen (secondary N) is 2. The molecule has 0 saturated carbocycles. The second-order valence-electron chi connectivity index (χ2n) is 5.63.